The fourth-order valence-corrected chi connectivity index (χ4v) is 7.31. The number of benzene rings is 2. The molecule has 248 valence electrons. The highest BCUT2D eigenvalue weighted by Crippen LogP contribution is 2.46. The normalized spacial score (nSPS) is 14.6. The molecular formula is C37H39FN6O3S. The Morgan fingerprint density at radius 1 is 1.12 bits per heavy atom. The maximum atomic E-state index is 14.6. The van der Waals surface area contributed by atoms with Crippen LogP contribution in [0.1, 0.15) is 36.9 Å². The van der Waals surface area contributed by atoms with Gasteiger partial charge in [0.2, 0.25) is 5.91 Å². The summed E-state index contributed by atoms with van der Waals surface area (Å²) in [5.74, 6) is -0.0518. The van der Waals surface area contributed by atoms with Crippen LogP contribution in [0.15, 0.2) is 66.1 Å². The van der Waals surface area contributed by atoms with Crippen molar-refractivity contribution in [3.05, 3.63) is 88.7 Å². The Balaban J connectivity index is 0.00000417. The van der Waals surface area contributed by atoms with E-state index in [1.807, 2.05) is 72.1 Å². The number of rotatable bonds is 8. The van der Waals surface area contributed by atoms with Gasteiger partial charge in [0.15, 0.2) is 0 Å². The molecular weight excluding hydrogens is 628 g/mol. The maximum absolute atomic E-state index is 14.6. The number of fused-ring (bicyclic) bond motifs is 3. The summed E-state index contributed by atoms with van der Waals surface area (Å²) in [4.78, 5) is 34.7. The van der Waals surface area contributed by atoms with Crippen molar-refractivity contribution in [1.29, 1.82) is 0 Å². The Morgan fingerprint density at radius 3 is 2.77 bits per heavy atom. The Morgan fingerprint density at radius 2 is 1.96 bits per heavy atom. The molecule has 11 heteroatoms. The smallest absolute Gasteiger partial charge is 0.251 e. The van der Waals surface area contributed by atoms with Gasteiger partial charge in [-0.25, -0.2) is 9.37 Å². The van der Waals surface area contributed by atoms with Crippen molar-refractivity contribution in [3.8, 4) is 39.5 Å². The van der Waals surface area contributed by atoms with Crippen molar-refractivity contribution in [2.45, 2.75) is 39.5 Å². The van der Waals surface area contributed by atoms with Gasteiger partial charge >= 0.3 is 0 Å². The number of hydrogen-bond donors (Lipinski definition) is 1. The first-order valence-corrected chi connectivity index (χ1v) is 17.0. The molecule has 9 nitrogen and oxygen atoms in total. The van der Waals surface area contributed by atoms with Crippen LogP contribution in [0.25, 0.3) is 43.9 Å². The third kappa shape index (κ3) is 6.11. The summed E-state index contributed by atoms with van der Waals surface area (Å²) in [5.41, 5.74) is 7.09. The van der Waals surface area contributed by atoms with Gasteiger partial charge in [-0.05, 0) is 81.7 Å². The van der Waals surface area contributed by atoms with Gasteiger partial charge in [-0.2, -0.15) is 5.10 Å². The molecule has 0 fully saturated rings. The Kier molecular flexibility index (Phi) is 8.57. The van der Waals surface area contributed by atoms with Crippen LogP contribution in [0.3, 0.4) is 0 Å². The van der Waals surface area contributed by atoms with Gasteiger partial charge in [0, 0.05) is 65.5 Å². The quantitative estimate of drug-likeness (QED) is 0.193. The molecule has 1 N–H and O–H groups in total. The third-order valence-electron chi connectivity index (χ3n) is 8.57. The molecule has 0 bridgehead atoms. The van der Waals surface area contributed by atoms with Gasteiger partial charge in [0.25, 0.3) is 5.91 Å². The number of nitrogens with zero attached hydrogens (tertiary/aromatic N) is 5. The fourth-order valence-electron chi connectivity index (χ4n) is 6.35. The average molecular weight is 667 g/mol. The molecule has 2 aromatic carbocycles. The van der Waals surface area contributed by atoms with E-state index in [9.17, 15) is 14.0 Å². The van der Waals surface area contributed by atoms with Gasteiger partial charge in [0.05, 0.1) is 30.6 Å². The number of ether oxygens (including phenoxy) is 1. The van der Waals surface area contributed by atoms with E-state index in [0.717, 1.165) is 50.1 Å². The predicted molar refractivity (Wildman–Crippen MR) is 189 cm³/mol. The zero-order valence-electron chi connectivity index (χ0n) is 27.4. The van der Waals surface area contributed by atoms with Crippen LogP contribution in [0.2, 0.25) is 0 Å². The largest absolute Gasteiger partial charge is 0.490 e. The van der Waals surface area contributed by atoms with Gasteiger partial charge in [0.1, 0.15) is 23.0 Å². The lowest BCUT2D eigenvalue weighted by Crippen LogP contribution is -2.37. The summed E-state index contributed by atoms with van der Waals surface area (Å²) in [6.45, 7) is 6.63. The number of carbonyl (C=O) groups excluding carboxylic acids is 2. The van der Waals surface area contributed by atoms with Crippen LogP contribution in [0.5, 0.6) is 5.75 Å². The number of aromatic nitrogens is 3. The number of carbonyl (C=O) groups is 2. The average Bonchev–Trinajstić information content (AvgIpc) is 3.71. The predicted octanol–water partition coefficient (Wildman–Crippen LogP) is 6.41. The molecule has 2 aliphatic heterocycles. The van der Waals surface area contributed by atoms with E-state index in [2.05, 4.69) is 17.4 Å². The molecule has 48 heavy (non-hydrogen) atoms. The molecule has 5 heterocycles. The molecule has 0 radical (unpaired) electrons. The summed E-state index contributed by atoms with van der Waals surface area (Å²) in [6, 6.07) is 14.6. The first-order valence-electron chi connectivity index (χ1n) is 16.1. The number of halogens is 1. The second kappa shape index (κ2) is 13.0. The maximum Gasteiger partial charge on any atom is 0.251 e. The molecule has 0 unspecified atom stereocenters. The molecule has 3 aromatic heterocycles. The first kappa shape index (κ1) is 31.7. The molecule has 2 aliphatic rings. The van der Waals surface area contributed by atoms with Crippen molar-refractivity contribution in [2.75, 3.05) is 33.7 Å². The standard InChI is InChI=1S/C37H37FN6O3S.H2/c1-22(2)47-31-19-25(38)8-10-28(31)33-35(30-20-26-21-43(15-16-44(26)41-30)32(45)6-5-14-42(3)4)40-34(29-12-17-48-36(29)33)24-7-9-27-23(18-24)11-13-39-37(27)46;/h5-10,12,17-20,22H,11,13-16,21H2,1-4H3,(H,39,46);1H/b6-5+;. The van der Waals surface area contributed by atoms with E-state index in [0.29, 0.717) is 55.4 Å². The minimum absolute atomic E-state index is 0. The van der Waals surface area contributed by atoms with E-state index < -0.39 is 0 Å². The van der Waals surface area contributed by atoms with E-state index in [1.54, 1.807) is 23.5 Å². The number of amides is 2. The molecule has 0 saturated carbocycles. The molecule has 0 aliphatic carbocycles. The van der Waals surface area contributed by atoms with E-state index in [4.69, 9.17) is 14.8 Å². The van der Waals surface area contributed by atoms with Crippen molar-refractivity contribution in [3.63, 3.8) is 0 Å². The van der Waals surface area contributed by atoms with Gasteiger partial charge in [-0.1, -0.05) is 12.1 Å². The zero-order valence-corrected chi connectivity index (χ0v) is 28.2. The Bertz CT molecular complexity index is 2090. The van der Waals surface area contributed by atoms with Crippen LogP contribution in [0, 0.1) is 5.82 Å². The van der Waals surface area contributed by atoms with Crippen LogP contribution in [-0.4, -0.2) is 76.2 Å². The van der Waals surface area contributed by atoms with Gasteiger partial charge in [-0.3, -0.25) is 14.3 Å². The van der Waals surface area contributed by atoms with E-state index in [1.165, 1.54) is 12.1 Å². The Hall–Kier alpha value is -4.87. The summed E-state index contributed by atoms with van der Waals surface area (Å²) in [5, 5.41) is 10.9. The molecule has 0 saturated heterocycles. The number of likely N-dealkylation sites (N-methyl/N-ethyl adjacent to an activating group) is 1. The lowest BCUT2D eigenvalue weighted by atomic mass is 9.94. The number of nitrogens with one attached hydrogen (secondary N) is 1. The summed E-state index contributed by atoms with van der Waals surface area (Å²) < 4.78 is 23.7. The van der Waals surface area contributed by atoms with E-state index >= 15 is 0 Å². The molecule has 5 aromatic rings. The highest BCUT2D eigenvalue weighted by Gasteiger charge is 2.27. The lowest BCUT2D eigenvalue weighted by Gasteiger charge is -2.26. The van der Waals surface area contributed by atoms with Crippen LogP contribution in [0.4, 0.5) is 4.39 Å². The molecule has 0 atom stereocenters. The Labute approximate surface area is 284 Å². The molecule has 7 rings (SSSR count). The van der Waals surface area contributed by atoms with Crippen molar-refractivity contribution in [1.82, 2.24) is 29.9 Å². The van der Waals surface area contributed by atoms with Gasteiger partial charge in [-0.15, -0.1) is 11.3 Å². The van der Waals surface area contributed by atoms with Crippen molar-refractivity contribution in [2.24, 2.45) is 0 Å². The topological polar surface area (TPSA) is 92.6 Å². The molecule has 2 amide bonds. The van der Waals surface area contributed by atoms with Crippen LogP contribution >= 0.6 is 11.3 Å². The monoisotopic (exact) mass is 666 g/mol. The molecule has 0 spiro atoms. The fraction of sp³-hybridized carbons (Fsp3) is 0.297. The van der Waals surface area contributed by atoms with Gasteiger partial charge < -0.3 is 19.9 Å². The minimum atomic E-state index is -0.386. The van der Waals surface area contributed by atoms with Crippen LogP contribution in [-0.2, 0) is 24.3 Å². The second-order valence-corrected chi connectivity index (χ2v) is 13.6. The summed E-state index contributed by atoms with van der Waals surface area (Å²) in [6.07, 6.45) is 4.07. The van der Waals surface area contributed by atoms with Crippen molar-refractivity contribution >= 4 is 33.2 Å². The summed E-state index contributed by atoms with van der Waals surface area (Å²) >= 11 is 1.58. The highest BCUT2D eigenvalue weighted by molar-refractivity contribution is 7.18. The van der Waals surface area contributed by atoms with Crippen LogP contribution < -0.4 is 10.1 Å². The van der Waals surface area contributed by atoms with E-state index in [-0.39, 0.29) is 25.2 Å². The first-order chi connectivity index (χ1) is 23.2. The SMILES string of the molecule is CC(C)Oc1cc(F)ccc1-c1c(-c2cc3n(n2)CCN(C(=O)/C=C/CN(C)C)C3)nc(-c2ccc3c(c2)CCNC3=O)c2ccsc12.[HH]. The van der Waals surface area contributed by atoms with Crippen molar-refractivity contribution < 1.29 is 20.1 Å². The number of pyridine rings is 1. The zero-order chi connectivity index (χ0) is 33.5. The minimum Gasteiger partial charge on any atom is -0.490 e. The second-order valence-electron chi connectivity index (χ2n) is 12.7. The number of thiophene rings is 1. The lowest BCUT2D eigenvalue weighted by molar-refractivity contribution is -0.127. The summed E-state index contributed by atoms with van der Waals surface area (Å²) in [7, 11) is 3.93. The highest BCUT2D eigenvalue weighted by atomic mass is 32.1. The number of hydrogen-bond acceptors (Lipinski definition) is 7. The third-order valence-corrected chi connectivity index (χ3v) is 9.50.